The lowest BCUT2D eigenvalue weighted by atomic mass is 10.2. The number of hydrogen-bond donors (Lipinski definition) is 0. The van der Waals surface area contributed by atoms with Gasteiger partial charge in [-0.1, -0.05) is 6.92 Å². The Morgan fingerprint density at radius 1 is 1.88 bits per heavy atom. The van der Waals surface area contributed by atoms with E-state index >= 15 is 0 Å². The number of ether oxygens (including phenoxy) is 1. The largest absolute Gasteiger partial charge is 0.462 e. The average molecular weight is 114 g/mol. The molecule has 0 aromatic carbocycles. The summed E-state index contributed by atoms with van der Waals surface area (Å²) in [6.07, 6.45) is 2.74. The summed E-state index contributed by atoms with van der Waals surface area (Å²) < 4.78 is 4.87. The lowest BCUT2D eigenvalue weighted by Gasteiger charge is -2.01. The van der Waals surface area contributed by atoms with Gasteiger partial charge in [0.25, 0.3) is 0 Å². The molecule has 0 bridgehead atoms. The van der Waals surface area contributed by atoms with Gasteiger partial charge in [0.15, 0.2) is 0 Å². The van der Waals surface area contributed by atoms with Crippen molar-refractivity contribution in [2.45, 2.75) is 32.3 Å². The third-order valence-corrected chi connectivity index (χ3v) is 1.42. The summed E-state index contributed by atoms with van der Waals surface area (Å²) in [5.74, 6) is -0.0307. The number of esters is 1. The Morgan fingerprint density at radius 3 is 2.88 bits per heavy atom. The van der Waals surface area contributed by atoms with E-state index in [1.165, 1.54) is 0 Å². The predicted octanol–water partition coefficient (Wildman–Crippen LogP) is 1.10. The van der Waals surface area contributed by atoms with Crippen LogP contribution < -0.4 is 0 Å². The van der Waals surface area contributed by atoms with Crippen LogP contribution in [0.3, 0.4) is 0 Å². The second-order valence-electron chi connectivity index (χ2n) is 2.06. The number of cyclic esters (lactones) is 1. The SMILES string of the molecule is CC[C@H]1CCC(=O)O1. The summed E-state index contributed by atoms with van der Waals surface area (Å²) in [6, 6.07) is 0. The molecule has 1 aliphatic rings. The fourth-order valence-corrected chi connectivity index (χ4v) is 0.870. The first-order chi connectivity index (χ1) is 3.83. The van der Waals surface area contributed by atoms with Crippen LogP contribution in [0.15, 0.2) is 0 Å². The fourth-order valence-electron chi connectivity index (χ4n) is 0.870. The van der Waals surface area contributed by atoms with Crippen LogP contribution in [0.4, 0.5) is 0 Å². The molecular formula is C6H10O2. The van der Waals surface area contributed by atoms with Crippen molar-refractivity contribution in [1.82, 2.24) is 0 Å². The maximum absolute atomic E-state index is 10.4. The molecule has 46 valence electrons. The van der Waals surface area contributed by atoms with Crippen molar-refractivity contribution < 1.29 is 9.53 Å². The van der Waals surface area contributed by atoms with Gasteiger partial charge in [0.1, 0.15) is 6.10 Å². The van der Waals surface area contributed by atoms with Crippen molar-refractivity contribution in [2.24, 2.45) is 0 Å². The molecule has 2 nitrogen and oxygen atoms in total. The quantitative estimate of drug-likeness (QED) is 0.477. The molecule has 1 saturated heterocycles. The zero-order chi connectivity index (χ0) is 5.98. The Balaban J connectivity index is 2.32. The van der Waals surface area contributed by atoms with E-state index in [9.17, 15) is 4.79 Å². The molecule has 8 heavy (non-hydrogen) atoms. The molecule has 0 N–H and O–H groups in total. The van der Waals surface area contributed by atoms with E-state index in [2.05, 4.69) is 0 Å². The average Bonchev–Trinajstić information content (AvgIpc) is 2.14. The summed E-state index contributed by atoms with van der Waals surface area (Å²) in [7, 11) is 0. The lowest BCUT2D eigenvalue weighted by Crippen LogP contribution is -2.03. The number of carbonyl (C=O) groups is 1. The van der Waals surface area contributed by atoms with Crippen LogP contribution in [0.5, 0.6) is 0 Å². The van der Waals surface area contributed by atoms with Gasteiger partial charge in [0.05, 0.1) is 0 Å². The highest BCUT2D eigenvalue weighted by atomic mass is 16.5. The van der Waals surface area contributed by atoms with Crippen LogP contribution in [0.1, 0.15) is 26.2 Å². The normalized spacial score (nSPS) is 28.1. The van der Waals surface area contributed by atoms with Gasteiger partial charge in [-0.3, -0.25) is 4.79 Å². The van der Waals surface area contributed by atoms with Gasteiger partial charge in [0.2, 0.25) is 0 Å². The van der Waals surface area contributed by atoms with Crippen LogP contribution in [-0.4, -0.2) is 12.1 Å². The Kier molecular flexibility index (Phi) is 1.51. The molecule has 0 aromatic heterocycles. The van der Waals surface area contributed by atoms with Crippen LogP contribution in [-0.2, 0) is 9.53 Å². The van der Waals surface area contributed by atoms with Gasteiger partial charge < -0.3 is 4.74 Å². The van der Waals surface area contributed by atoms with Crippen LogP contribution in [0, 0.1) is 0 Å². The van der Waals surface area contributed by atoms with Crippen molar-refractivity contribution in [3.63, 3.8) is 0 Å². The highest BCUT2D eigenvalue weighted by Gasteiger charge is 2.20. The van der Waals surface area contributed by atoms with Gasteiger partial charge in [-0.25, -0.2) is 0 Å². The molecule has 0 amide bonds. The van der Waals surface area contributed by atoms with E-state index in [-0.39, 0.29) is 12.1 Å². The number of carbonyl (C=O) groups excluding carboxylic acids is 1. The molecule has 0 radical (unpaired) electrons. The molecule has 2 heteroatoms. The smallest absolute Gasteiger partial charge is 0.306 e. The minimum absolute atomic E-state index is 0.0307. The highest BCUT2D eigenvalue weighted by molar-refractivity contribution is 5.71. The number of rotatable bonds is 1. The van der Waals surface area contributed by atoms with Gasteiger partial charge in [-0.2, -0.15) is 0 Å². The predicted molar refractivity (Wildman–Crippen MR) is 29.4 cm³/mol. The second kappa shape index (κ2) is 2.16. The van der Waals surface area contributed by atoms with Crippen molar-refractivity contribution in [3.05, 3.63) is 0 Å². The van der Waals surface area contributed by atoms with E-state index in [1.807, 2.05) is 6.92 Å². The Labute approximate surface area is 48.8 Å². The monoisotopic (exact) mass is 114 g/mol. The van der Waals surface area contributed by atoms with Gasteiger partial charge in [0, 0.05) is 6.42 Å². The standard InChI is InChI=1S/C6H10O2/c1-2-5-3-4-6(7)8-5/h5H,2-4H2,1H3/t5-/m0/s1. The lowest BCUT2D eigenvalue weighted by molar-refractivity contribution is -0.141. The van der Waals surface area contributed by atoms with E-state index in [0.29, 0.717) is 6.42 Å². The van der Waals surface area contributed by atoms with Crippen LogP contribution in [0.2, 0.25) is 0 Å². The molecule has 1 fully saturated rings. The molecule has 0 unspecified atom stereocenters. The summed E-state index contributed by atoms with van der Waals surface area (Å²) >= 11 is 0. The summed E-state index contributed by atoms with van der Waals surface area (Å²) in [6.45, 7) is 2.03. The Bertz CT molecular complexity index is 98.7. The van der Waals surface area contributed by atoms with Crippen molar-refractivity contribution in [2.75, 3.05) is 0 Å². The van der Waals surface area contributed by atoms with Crippen molar-refractivity contribution in [3.8, 4) is 0 Å². The molecule has 0 aromatic rings. The van der Waals surface area contributed by atoms with Crippen molar-refractivity contribution >= 4 is 5.97 Å². The molecule has 0 aliphatic carbocycles. The highest BCUT2D eigenvalue weighted by Crippen LogP contribution is 2.15. The van der Waals surface area contributed by atoms with E-state index in [0.717, 1.165) is 12.8 Å². The molecule has 1 heterocycles. The maximum Gasteiger partial charge on any atom is 0.306 e. The summed E-state index contributed by atoms with van der Waals surface area (Å²) in [5, 5.41) is 0. The van der Waals surface area contributed by atoms with Crippen LogP contribution >= 0.6 is 0 Å². The molecule has 1 rings (SSSR count). The first kappa shape index (κ1) is 5.60. The zero-order valence-corrected chi connectivity index (χ0v) is 5.02. The van der Waals surface area contributed by atoms with Gasteiger partial charge >= 0.3 is 5.97 Å². The number of hydrogen-bond acceptors (Lipinski definition) is 2. The topological polar surface area (TPSA) is 26.3 Å². The third kappa shape index (κ3) is 0.997. The maximum atomic E-state index is 10.4. The second-order valence-corrected chi connectivity index (χ2v) is 2.06. The first-order valence-corrected chi connectivity index (χ1v) is 3.02. The summed E-state index contributed by atoms with van der Waals surface area (Å²) in [4.78, 5) is 10.4. The molecule has 0 spiro atoms. The molecule has 1 aliphatic heterocycles. The summed E-state index contributed by atoms with van der Waals surface area (Å²) in [5.41, 5.74) is 0. The Morgan fingerprint density at radius 2 is 2.62 bits per heavy atom. The van der Waals surface area contributed by atoms with E-state index < -0.39 is 0 Å². The minimum Gasteiger partial charge on any atom is -0.462 e. The molecule has 1 atom stereocenters. The van der Waals surface area contributed by atoms with Gasteiger partial charge in [-0.05, 0) is 12.8 Å². The Hall–Kier alpha value is -0.530. The zero-order valence-electron chi connectivity index (χ0n) is 5.02. The van der Waals surface area contributed by atoms with Crippen molar-refractivity contribution in [1.29, 1.82) is 0 Å². The minimum atomic E-state index is -0.0307. The first-order valence-electron chi connectivity index (χ1n) is 3.02. The van der Waals surface area contributed by atoms with E-state index in [1.54, 1.807) is 0 Å². The van der Waals surface area contributed by atoms with Gasteiger partial charge in [-0.15, -0.1) is 0 Å². The fraction of sp³-hybridized carbons (Fsp3) is 0.833. The van der Waals surface area contributed by atoms with E-state index in [4.69, 9.17) is 4.74 Å². The molecular weight excluding hydrogens is 104 g/mol. The molecule has 0 saturated carbocycles. The van der Waals surface area contributed by atoms with Crippen LogP contribution in [0.25, 0.3) is 0 Å². The third-order valence-electron chi connectivity index (χ3n) is 1.42.